The Morgan fingerprint density at radius 2 is 2.09 bits per heavy atom. The average molecular weight is 292 g/mol. The van der Waals surface area contributed by atoms with Crippen LogP contribution >= 0.6 is 0 Å². The summed E-state index contributed by atoms with van der Waals surface area (Å²) in [5.74, 6) is 1.80. The molecule has 1 aliphatic heterocycles. The molecule has 22 heavy (non-hydrogen) atoms. The van der Waals surface area contributed by atoms with Crippen LogP contribution in [-0.4, -0.2) is 27.9 Å². The van der Waals surface area contributed by atoms with Crippen molar-refractivity contribution >= 4 is 16.7 Å². The highest BCUT2D eigenvalue weighted by Gasteiger charge is 2.24. The molecule has 1 aliphatic rings. The lowest BCUT2D eigenvalue weighted by Gasteiger charge is -2.18. The van der Waals surface area contributed by atoms with Crippen LogP contribution in [0.3, 0.4) is 0 Å². The van der Waals surface area contributed by atoms with Gasteiger partial charge in [0.05, 0.1) is 11.7 Å². The second-order valence-electron chi connectivity index (χ2n) is 6.19. The fraction of sp³-hybridized carbons (Fsp3) is 0.333. The van der Waals surface area contributed by atoms with E-state index in [1.807, 2.05) is 24.0 Å². The van der Waals surface area contributed by atoms with Gasteiger partial charge in [0, 0.05) is 31.7 Å². The van der Waals surface area contributed by atoms with Crippen LogP contribution in [0.2, 0.25) is 0 Å². The number of nitrogens with zero attached hydrogens (tertiary/aromatic N) is 4. The number of rotatable bonds is 3. The van der Waals surface area contributed by atoms with Crippen LogP contribution in [-0.2, 0) is 13.5 Å². The van der Waals surface area contributed by atoms with Crippen molar-refractivity contribution in [3.63, 3.8) is 0 Å². The van der Waals surface area contributed by atoms with Gasteiger partial charge in [0.15, 0.2) is 0 Å². The molecule has 0 aliphatic carbocycles. The number of pyridine rings is 1. The maximum atomic E-state index is 4.81. The minimum atomic E-state index is 0.692. The third kappa shape index (κ3) is 2.56. The van der Waals surface area contributed by atoms with Gasteiger partial charge in [0.25, 0.3) is 0 Å². The van der Waals surface area contributed by atoms with Crippen LogP contribution < -0.4 is 4.90 Å². The molecule has 112 valence electrons. The molecule has 3 aromatic rings. The van der Waals surface area contributed by atoms with Crippen molar-refractivity contribution in [2.24, 2.45) is 13.0 Å². The topological polar surface area (TPSA) is 34.0 Å². The molecule has 0 spiro atoms. The van der Waals surface area contributed by atoms with Crippen LogP contribution in [0.4, 0.5) is 5.82 Å². The monoisotopic (exact) mass is 292 g/mol. The van der Waals surface area contributed by atoms with Crippen molar-refractivity contribution in [2.75, 3.05) is 18.0 Å². The number of anilines is 1. The maximum absolute atomic E-state index is 4.81. The molecule has 0 N–H and O–H groups in total. The van der Waals surface area contributed by atoms with Gasteiger partial charge in [-0.15, -0.1) is 0 Å². The molecule has 4 nitrogen and oxygen atoms in total. The Morgan fingerprint density at radius 1 is 1.18 bits per heavy atom. The van der Waals surface area contributed by atoms with E-state index in [0.717, 1.165) is 30.8 Å². The fourth-order valence-electron chi connectivity index (χ4n) is 3.35. The highest BCUT2D eigenvalue weighted by atomic mass is 15.2. The number of benzene rings is 1. The number of aryl methyl sites for hydroxylation is 1. The first-order valence-corrected chi connectivity index (χ1v) is 7.86. The molecule has 1 unspecified atom stereocenters. The van der Waals surface area contributed by atoms with Crippen molar-refractivity contribution < 1.29 is 0 Å². The van der Waals surface area contributed by atoms with Gasteiger partial charge >= 0.3 is 0 Å². The van der Waals surface area contributed by atoms with E-state index in [9.17, 15) is 0 Å². The second-order valence-corrected chi connectivity index (χ2v) is 6.19. The van der Waals surface area contributed by atoms with Gasteiger partial charge in [-0.25, -0.2) is 4.98 Å². The zero-order valence-electron chi connectivity index (χ0n) is 12.8. The summed E-state index contributed by atoms with van der Waals surface area (Å²) in [6, 6.07) is 12.6. The summed E-state index contributed by atoms with van der Waals surface area (Å²) in [6.45, 7) is 2.18. The maximum Gasteiger partial charge on any atom is 0.129 e. The Hall–Kier alpha value is -2.36. The van der Waals surface area contributed by atoms with E-state index in [1.165, 1.54) is 17.4 Å². The smallest absolute Gasteiger partial charge is 0.129 e. The lowest BCUT2D eigenvalue weighted by molar-refractivity contribution is 0.586. The van der Waals surface area contributed by atoms with Gasteiger partial charge in [0.1, 0.15) is 5.82 Å². The zero-order valence-corrected chi connectivity index (χ0v) is 12.8. The number of hydrogen-bond donors (Lipinski definition) is 0. The lowest BCUT2D eigenvalue weighted by Crippen LogP contribution is -2.21. The molecule has 4 heteroatoms. The van der Waals surface area contributed by atoms with E-state index in [2.05, 4.69) is 46.5 Å². The van der Waals surface area contributed by atoms with Crippen LogP contribution in [0.15, 0.2) is 48.8 Å². The SMILES string of the molecule is Cn1cc(CC2CCN(c3ccc4ccccc4n3)C2)cn1. The third-order valence-electron chi connectivity index (χ3n) is 4.48. The molecular weight excluding hydrogens is 272 g/mol. The Kier molecular flexibility index (Phi) is 3.29. The number of fused-ring (bicyclic) bond motifs is 1. The summed E-state index contributed by atoms with van der Waals surface area (Å²) in [5, 5.41) is 5.47. The first-order chi connectivity index (χ1) is 10.8. The summed E-state index contributed by atoms with van der Waals surface area (Å²) >= 11 is 0. The Bertz CT molecular complexity index is 792. The van der Waals surface area contributed by atoms with Crippen molar-refractivity contribution in [1.29, 1.82) is 0 Å². The molecule has 2 aromatic heterocycles. The molecule has 1 saturated heterocycles. The summed E-state index contributed by atoms with van der Waals surface area (Å²) in [5.41, 5.74) is 2.41. The summed E-state index contributed by atoms with van der Waals surface area (Å²) in [7, 11) is 1.98. The van der Waals surface area contributed by atoms with E-state index in [0.29, 0.717) is 5.92 Å². The van der Waals surface area contributed by atoms with Crippen LogP contribution in [0.25, 0.3) is 10.9 Å². The van der Waals surface area contributed by atoms with E-state index in [-0.39, 0.29) is 0 Å². The number of aromatic nitrogens is 3. The Morgan fingerprint density at radius 3 is 2.95 bits per heavy atom. The van der Waals surface area contributed by atoms with Gasteiger partial charge in [0.2, 0.25) is 0 Å². The van der Waals surface area contributed by atoms with Crippen molar-refractivity contribution in [3.05, 3.63) is 54.4 Å². The van der Waals surface area contributed by atoms with E-state index in [4.69, 9.17) is 4.98 Å². The third-order valence-corrected chi connectivity index (χ3v) is 4.48. The quantitative estimate of drug-likeness (QED) is 0.744. The first-order valence-electron chi connectivity index (χ1n) is 7.86. The van der Waals surface area contributed by atoms with Gasteiger partial charge in [-0.2, -0.15) is 5.10 Å². The van der Waals surface area contributed by atoms with Crippen LogP contribution in [0.5, 0.6) is 0 Å². The summed E-state index contributed by atoms with van der Waals surface area (Å²) in [4.78, 5) is 7.22. The molecule has 0 amide bonds. The van der Waals surface area contributed by atoms with Crippen LogP contribution in [0.1, 0.15) is 12.0 Å². The molecular formula is C18H20N4. The molecule has 1 aromatic carbocycles. The Labute approximate surface area is 130 Å². The number of hydrogen-bond acceptors (Lipinski definition) is 3. The highest BCUT2D eigenvalue weighted by Crippen LogP contribution is 2.26. The predicted octanol–water partition coefficient (Wildman–Crippen LogP) is 3.04. The van der Waals surface area contributed by atoms with E-state index in [1.54, 1.807) is 0 Å². The van der Waals surface area contributed by atoms with E-state index < -0.39 is 0 Å². The summed E-state index contributed by atoms with van der Waals surface area (Å²) < 4.78 is 1.88. The predicted molar refractivity (Wildman–Crippen MR) is 89.0 cm³/mol. The molecule has 0 bridgehead atoms. The Balaban J connectivity index is 1.49. The normalized spacial score (nSPS) is 18.2. The van der Waals surface area contributed by atoms with Crippen LogP contribution in [0, 0.1) is 5.92 Å². The fourth-order valence-corrected chi connectivity index (χ4v) is 3.35. The average Bonchev–Trinajstić information content (AvgIpc) is 3.16. The largest absolute Gasteiger partial charge is 0.356 e. The number of para-hydroxylation sites is 1. The molecule has 3 heterocycles. The minimum absolute atomic E-state index is 0.692. The van der Waals surface area contributed by atoms with Gasteiger partial charge < -0.3 is 4.90 Å². The first kappa shape index (κ1) is 13.3. The minimum Gasteiger partial charge on any atom is -0.356 e. The van der Waals surface area contributed by atoms with Gasteiger partial charge in [-0.3, -0.25) is 4.68 Å². The zero-order chi connectivity index (χ0) is 14.9. The molecule has 1 atom stereocenters. The molecule has 4 rings (SSSR count). The highest BCUT2D eigenvalue weighted by molar-refractivity contribution is 5.80. The molecule has 1 fully saturated rings. The van der Waals surface area contributed by atoms with Crippen molar-refractivity contribution in [2.45, 2.75) is 12.8 Å². The molecule has 0 saturated carbocycles. The van der Waals surface area contributed by atoms with Crippen molar-refractivity contribution in [3.8, 4) is 0 Å². The summed E-state index contributed by atoms with van der Waals surface area (Å²) in [6.07, 6.45) is 6.44. The molecule has 0 radical (unpaired) electrons. The van der Waals surface area contributed by atoms with Crippen molar-refractivity contribution in [1.82, 2.24) is 14.8 Å². The standard InChI is InChI=1S/C18H20N4/c1-21-12-15(11-19-21)10-14-8-9-22(13-14)18-7-6-16-4-2-3-5-17(16)20-18/h2-7,11-12,14H,8-10,13H2,1H3. The van der Waals surface area contributed by atoms with Gasteiger partial charge in [-0.1, -0.05) is 18.2 Å². The van der Waals surface area contributed by atoms with Gasteiger partial charge in [-0.05, 0) is 42.5 Å². The van der Waals surface area contributed by atoms with E-state index >= 15 is 0 Å². The lowest BCUT2D eigenvalue weighted by atomic mass is 10.0. The second kappa shape index (κ2) is 5.44.